The molecular formula is C21H18N4O3. The lowest BCUT2D eigenvalue weighted by Gasteiger charge is -2.14. The molecule has 1 aromatic heterocycles. The Morgan fingerprint density at radius 3 is 2.46 bits per heavy atom. The van der Waals surface area contributed by atoms with Gasteiger partial charge in [0.25, 0.3) is 5.91 Å². The van der Waals surface area contributed by atoms with Crippen molar-refractivity contribution in [2.75, 3.05) is 5.32 Å². The van der Waals surface area contributed by atoms with Crippen LogP contribution in [0, 0.1) is 25.2 Å². The van der Waals surface area contributed by atoms with Crippen molar-refractivity contribution in [3.63, 3.8) is 0 Å². The molecule has 1 heterocycles. The fourth-order valence-electron chi connectivity index (χ4n) is 2.56. The van der Waals surface area contributed by atoms with Crippen LogP contribution in [0.4, 0.5) is 5.69 Å². The van der Waals surface area contributed by atoms with Gasteiger partial charge in [0.2, 0.25) is 0 Å². The van der Waals surface area contributed by atoms with E-state index in [1.807, 2.05) is 19.9 Å². The number of benzene rings is 2. The second-order valence-corrected chi connectivity index (χ2v) is 6.29. The minimum atomic E-state index is -1.04. The number of carbonyl (C=O) groups excluding carboxylic acids is 2. The Morgan fingerprint density at radius 1 is 1.07 bits per heavy atom. The highest BCUT2D eigenvalue weighted by Gasteiger charge is 2.20. The zero-order chi connectivity index (χ0) is 20.3. The first-order chi connectivity index (χ1) is 13.4. The molecule has 0 bridgehead atoms. The van der Waals surface area contributed by atoms with Crippen LogP contribution < -0.4 is 5.32 Å². The van der Waals surface area contributed by atoms with Crippen molar-refractivity contribution in [1.82, 2.24) is 9.97 Å². The first kappa shape index (κ1) is 19.0. The fourth-order valence-corrected chi connectivity index (χ4v) is 2.56. The highest BCUT2D eigenvalue weighted by molar-refractivity contribution is 5.99. The summed E-state index contributed by atoms with van der Waals surface area (Å²) in [5, 5.41) is 11.7. The van der Waals surface area contributed by atoms with Gasteiger partial charge in [0, 0.05) is 0 Å². The summed E-state index contributed by atoms with van der Waals surface area (Å²) in [4.78, 5) is 33.6. The smallest absolute Gasteiger partial charge is 0.338 e. The molecule has 140 valence electrons. The lowest BCUT2D eigenvalue weighted by atomic mass is 10.1. The van der Waals surface area contributed by atoms with E-state index in [0.29, 0.717) is 22.3 Å². The van der Waals surface area contributed by atoms with E-state index in [1.165, 1.54) is 6.92 Å². The SMILES string of the molecule is Cc1nc2ccc(C(=O)O[C@@H](C)C(=O)Nc3ccccc3C#N)cc2nc1C. The van der Waals surface area contributed by atoms with Crippen LogP contribution in [0.2, 0.25) is 0 Å². The maximum absolute atomic E-state index is 12.4. The number of aromatic nitrogens is 2. The number of ether oxygens (including phenoxy) is 1. The molecule has 3 aromatic rings. The first-order valence-electron chi connectivity index (χ1n) is 8.65. The normalized spacial score (nSPS) is 11.5. The van der Waals surface area contributed by atoms with Crippen molar-refractivity contribution in [3.05, 3.63) is 65.0 Å². The molecule has 0 aliphatic heterocycles. The summed E-state index contributed by atoms with van der Waals surface area (Å²) in [5.74, 6) is -1.17. The Hall–Kier alpha value is -3.79. The average Bonchev–Trinajstić information content (AvgIpc) is 2.68. The number of fused-ring (bicyclic) bond motifs is 1. The van der Waals surface area contributed by atoms with Gasteiger partial charge in [-0.05, 0) is 51.1 Å². The number of para-hydroxylation sites is 1. The molecule has 3 rings (SSSR count). The minimum Gasteiger partial charge on any atom is -0.449 e. The maximum atomic E-state index is 12.4. The van der Waals surface area contributed by atoms with Gasteiger partial charge in [0.05, 0.1) is 39.2 Å². The molecule has 0 unspecified atom stereocenters. The zero-order valence-electron chi connectivity index (χ0n) is 15.7. The van der Waals surface area contributed by atoms with Crippen molar-refractivity contribution in [2.45, 2.75) is 26.9 Å². The number of hydrogen-bond acceptors (Lipinski definition) is 6. The molecule has 0 aliphatic carbocycles. The van der Waals surface area contributed by atoms with Crippen LogP contribution in [0.3, 0.4) is 0 Å². The van der Waals surface area contributed by atoms with Crippen molar-refractivity contribution < 1.29 is 14.3 Å². The number of nitriles is 1. The van der Waals surface area contributed by atoms with E-state index in [1.54, 1.807) is 42.5 Å². The number of carbonyl (C=O) groups is 2. The molecule has 7 nitrogen and oxygen atoms in total. The monoisotopic (exact) mass is 374 g/mol. The molecule has 2 aromatic carbocycles. The number of aryl methyl sites for hydroxylation is 2. The van der Waals surface area contributed by atoms with Gasteiger partial charge < -0.3 is 10.1 Å². The van der Waals surface area contributed by atoms with Crippen LogP contribution in [0.5, 0.6) is 0 Å². The van der Waals surface area contributed by atoms with Crippen LogP contribution in [-0.2, 0) is 9.53 Å². The van der Waals surface area contributed by atoms with E-state index in [4.69, 9.17) is 10.00 Å². The third kappa shape index (κ3) is 3.96. The van der Waals surface area contributed by atoms with Gasteiger partial charge >= 0.3 is 5.97 Å². The summed E-state index contributed by atoms with van der Waals surface area (Å²) >= 11 is 0. The Kier molecular flexibility index (Phi) is 5.32. The number of rotatable bonds is 4. The third-order valence-corrected chi connectivity index (χ3v) is 4.27. The van der Waals surface area contributed by atoms with Crippen LogP contribution >= 0.6 is 0 Å². The predicted molar refractivity (Wildman–Crippen MR) is 104 cm³/mol. The summed E-state index contributed by atoms with van der Waals surface area (Å²) in [6, 6.07) is 13.5. The number of nitrogens with one attached hydrogen (secondary N) is 1. The quantitative estimate of drug-likeness (QED) is 0.703. The summed E-state index contributed by atoms with van der Waals surface area (Å²) in [7, 11) is 0. The molecule has 0 aliphatic rings. The van der Waals surface area contributed by atoms with Crippen LogP contribution in [0.25, 0.3) is 11.0 Å². The lowest BCUT2D eigenvalue weighted by molar-refractivity contribution is -0.123. The van der Waals surface area contributed by atoms with Crippen molar-refractivity contribution in [3.8, 4) is 6.07 Å². The number of hydrogen-bond donors (Lipinski definition) is 1. The second-order valence-electron chi connectivity index (χ2n) is 6.29. The molecule has 7 heteroatoms. The van der Waals surface area contributed by atoms with Gasteiger partial charge in [0.1, 0.15) is 6.07 Å². The van der Waals surface area contributed by atoms with Crippen LogP contribution in [0.1, 0.15) is 34.2 Å². The first-order valence-corrected chi connectivity index (χ1v) is 8.65. The highest BCUT2D eigenvalue weighted by atomic mass is 16.5. The molecule has 28 heavy (non-hydrogen) atoms. The fraction of sp³-hybridized carbons (Fsp3) is 0.190. The van der Waals surface area contributed by atoms with E-state index < -0.39 is 18.0 Å². The van der Waals surface area contributed by atoms with Gasteiger partial charge in [-0.25, -0.2) is 14.8 Å². The van der Waals surface area contributed by atoms with E-state index in [9.17, 15) is 9.59 Å². The van der Waals surface area contributed by atoms with Crippen molar-refractivity contribution >= 4 is 28.6 Å². The molecule has 1 atom stereocenters. The summed E-state index contributed by atoms with van der Waals surface area (Å²) in [6.07, 6.45) is -1.04. The van der Waals surface area contributed by atoms with Crippen molar-refractivity contribution in [2.24, 2.45) is 0 Å². The molecule has 0 saturated heterocycles. The number of amides is 1. The van der Waals surface area contributed by atoms with Gasteiger partial charge in [0.15, 0.2) is 6.10 Å². The Balaban J connectivity index is 1.73. The van der Waals surface area contributed by atoms with Gasteiger partial charge in [-0.1, -0.05) is 12.1 Å². The van der Waals surface area contributed by atoms with E-state index in [-0.39, 0.29) is 5.56 Å². The topological polar surface area (TPSA) is 105 Å². The number of esters is 1. The Bertz CT molecular complexity index is 1120. The predicted octanol–water partition coefficient (Wildman–Crippen LogP) is 3.30. The number of nitrogens with zero attached hydrogens (tertiary/aromatic N) is 3. The maximum Gasteiger partial charge on any atom is 0.338 e. The molecule has 0 spiro atoms. The lowest BCUT2D eigenvalue weighted by Crippen LogP contribution is -2.30. The van der Waals surface area contributed by atoms with Crippen LogP contribution in [-0.4, -0.2) is 27.9 Å². The summed E-state index contributed by atoms with van der Waals surface area (Å²) in [5.41, 5.74) is 3.84. The Morgan fingerprint density at radius 2 is 1.75 bits per heavy atom. The standard InChI is InChI=1S/C21H18N4O3/c1-12-13(2)24-19-10-15(8-9-18(19)23-12)21(27)28-14(3)20(26)25-17-7-5-4-6-16(17)11-22/h4-10,14H,1-3H3,(H,25,26)/t14-/m0/s1. The molecule has 1 N–H and O–H groups in total. The highest BCUT2D eigenvalue weighted by Crippen LogP contribution is 2.17. The third-order valence-electron chi connectivity index (χ3n) is 4.27. The molecule has 0 saturated carbocycles. The molecular weight excluding hydrogens is 356 g/mol. The van der Waals surface area contributed by atoms with E-state index in [2.05, 4.69) is 15.3 Å². The molecule has 0 fully saturated rings. The van der Waals surface area contributed by atoms with Crippen LogP contribution in [0.15, 0.2) is 42.5 Å². The van der Waals surface area contributed by atoms with Gasteiger partial charge in [-0.15, -0.1) is 0 Å². The zero-order valence-corrected chi connectivity index (χ0v) is 15.7. The minimum absolute atomic E-state index is 0.280. The van der Waals surface area contributed by atoms with Gasteiger partial charge in [-0.3, -0.25) is 4.79 Å². The van der Waals surface area contributed by atoms with E-state index >= 15 is 0 Å². The largest absolute Gasteiger partial charge is 0.449 e. The molecule has 1 amide bonds. The summed E-state index contributed by atoms with van der Waals surface area (Å²) < 4.78 is 5.26. The Labute approximate surface area is 162 Å². The average molecular weight is 374 g/mol. The molecule has 0 radical (unpaired) electrons. The van der Waals surface area contributed by atoms with Crippen molar-refractivity contribution in [1.29, 1.82) is 5.26 Å². The summed E-state index contributed by atoms with van der Waals surface area (Å²) in [6.45, 7) is 5.18. The second kappa shape index (κ2) is 7.84. The van der Waals surface area contributed by atoms with Gasteiger partial charge in [-0.2, -0.15) is 5.26 Å². The van der Waals surface area contributed by atoms with E-state index in [0.717, 1.165) is 11.4 Å². The number of anilines is 1.